The molecule has 1 aliphatic heterocycles. The van der Waals surface area contributed by atoms with E-state index in [2.05, 4.69) is 65.1 Å². The zero-order chi connectivity index (χ0) is 19.0. The van der Waals surface area contributed by atoms with Crippen molar-refractivity contribution in [2.45, 2.75) is 58.8 Å². The van der Waals surface area contributed by atoms with E-state index < -0.39 is 0 Å². The van der Waals surface area contributed by atoms with Gasteiger partial charge in [-0.3, -0.25) is 0 Å². The zero-order valence-electron chi connectivity index (χ0n) is 16.7. The number of urea groups is 1. The summed E-state index contributed by atoms with van der Waals surface area (Å²) >= 11 is 0. The highest BCUT2D eigenvalue weighted by atomic mass is 16.3. The molecule has 1 heterocycles. The number of phenolic OH excluding ortho intramolecular Hbond substituents is 1. The van der Waals surface area contributed by atoms with Crippen LogP contribution in [0.4, 0.5) is 4.79 Å². The summed E-state index contributed by atoms with van der Waals surface area (Å²) in [4.78, 5) is 13.6. The van der Waals surface area contributed by atoms with Gasteiger partial charge in [0, 0.05) is 31.3 Å². The zero-order valence-corrected chi connectivity index (χ0v) is 16.7. The van der Waals surface area contributed by atoms with Crippen molar-refractivity contribution in [3.8, 4) is 5.75 Å². The van der Waals surface area contributed by atoms with E-state index in [-0.39, 0.29) is 16.9 Å². The lowest BCUT2D eigenvalue weighted by atomic mass is 9.78. The van der Waals surface area contributed by atoms with E-state index in [1.54, 1.807) is 7.05 Å². The van der Waals surface area contributed by atoms with Crippen LogP contribution in [0.15, 0.2) is 17.7 Å². The normalized spacial score (nSPS) is 17.2. The van der Waals surface area contributed by atoms with E-state index in [4.69, 9.17) is 0 Å². The van der Waals surface area contributed by atoms with Crippen LogP contribution < -0.4 is 5.32 Å². The smallest absolute Gasteiger partial charge is 0.317 e. The van der Waals surface area contributed by atoms with Gasteiger partial charge in [-0.2, -0.15) is 0 Å². The summed E-state index contributed by atoms with van der Waals surface area (Å²) < 4.78 is 0. The van der Waals surface area contributed by atoms with Crippen molar-refractivity contribution in [1.29, 1.82) is 0 Å². The average molecular weight is 344 g/mol. The second-order valence-electron chi connectivity index (χ2n) is 8.99. The number of hydrogen-bond donors (Lipinski definition) is 2. The monoisotopic (exact) mass is 344 g/mol. The van der Waals surface area contributed by atoms with Gasteiger partial charge in [-0.05, 0) is 40.5 Å². The fourth-order valence-corrected chi connectivity index (χ4v) is 3.25. The van der Waals surface area contributed by atoms with Crippen LogP contribution in [0.5, 0.6) is 5.75 Å². The first-order valence-corrected chi connectivity index (χ1v) is 8.97. The number of benzene rings is 1. The molecule has 1 aromatic rings. The van der Waals surface area contributed by atoms with Gasteiger partial charge in [-0.25, -0.2) is 4.79 Å². The fraction of sp³-hybridized carbons (Fsp3) is 0.571. The van der Waals surface area contributed by atoms with E-state index in [1.165, 1.54) is 5.57 Å². The van der Waals surface area contributed by atoms with Crippen LogP contribution in [0, 0.1) is 0 Å². The maximum Gasteiger partial charge on any atom is 0.317 e. The molecule has 138 valence electrons. The highest BCUT2D eigenvalue weighted by Gasteiger charge is 2.27. The van der Waals surface area contributed by atoms with Crippen molar-refractivity contribution >= 4 is 12.1 Å². The summed E-state index contributed by atoms with van der Waals surface area (Å²) in [6.07, 6.45) is 3.07. The first-order valence-electron chi connectivity index (χ1n) is 8.97. The van der Waals surface area contributed by atoms with Gasteiger partial charge in [-0.1, -0.05) is 47.6 Å². The van der Waals surface area contributed by atoms with E-state index in [0.29, 0.717) is 12.3 Å². The highest BCUT2D eigenvalue weighted by Crippen LogP contribution is 2.40. The van der Waals surface area contributed by atoms with Gasteiger partial charge < -0.3 is 15.3 Å². The standard InChI is InChI=1S/C21H32N2O2/c1-20(2,3)16-11-15(12-17(18(16)24)21(4,5)6)10-14-8-9-23(13-14)19(25)22-7/h10-12,24H,8-9,13H2,1-7H3,(H,22,25). The molecular weight excluding hydrogens is 312 g/mol. The lowest BCUT2D eigenvalue weighted by molar-refractivity contribution is 0.212. The largest absolute Gasteiger partial charge is 0.507 e. The minimum absolute atomic E-state index is 0.0279. The Morgan fingerprint density at radius 3 is 2.08 bits per heavy atom. The molecule has 4 nitrogen and oxygen atoms in total. The Labute approximate surface area is 151 Å². The lowest BCUT2D eigenvalue weighted by Gasteiger charge is -2.28. The molecule has 0 atom stereocenters. The van der Waals surface area contributed by atoms with Gasteiger partial charge in [0.1, 0.15) is 5.75 Å². The number of phenols is 1. The Balaban J connectivity index is 2.45. The Hall–Kier alpha value is -1.97. The minimum atomic E-state index is -0.137. The van der Waals surface area contributed by atoms with Crippen LogP contribution in [0.3, 0.4) is 0 Å². The molecule has 0 unspecified atom stereocenters. The van der Waals surface area contributed by atoms with Crippen molar-refractivity contribution in [3.05, 3.63) is 34.4 Å². The third-order valence-corrected chi connectivity index (χ3v) is 4.72. The van der Waals surface area contributed by atoms with E-state index in [9.17, 15) is 9.90 Å². The molecule has 2 N–H and O–H groups in total. The van der Waals surface area contributed by atoms with Crippen molar-refractivity contribution in [2.75, 3.05) is 20.1 Å². The van der Waals surface area contributed by atoms with Crippen molar-refractivity contribution in [1.82, 2.24) is 10.2 Å². The SMILES string of the molecule is CNC(=O)N1CCC(=Cc2cc(C(C)(C)C)c(O)c(C(C)(C)C)c2)C1. The number of likely N-dealkylation sites (tertiary alicyclic amines) is 1. The van der Waals surface area contributed by atoms with Crippen LogP contribution >= 0.6 is 0 Å². The number of carbonyl (C=O) groups is 1. The number of amides is 2. The Morgan fingerprint density at radius 2 is 1.64 bits per heavy atom. The molecule has 2 amide bonds. The van der Waals surface area contributed by atoms with Crippen LogP contribution in [0.1, 0.15) is 64.7 Å². The summed E-state index contributed by atoms with van der Waals surface area (Å²) in [5, 5.41) is 13.5. The molecule has 4 heteroatoms. The topological polar surface area (TPSA) is 52.6 Å². The van der Waals surface area contributed by atoms with Crippen LogP contribution in [0.25, 0.3) is 6.08 Å². The van der Waals surface area contributed by atoms with Gasteiger partial charge in [0.2, 0.25) is 0 Å². The van der Waals surface area contributed by atoms with Gasteiger partial charge in [0.15, 0.2) is 0 Å². The van der Waals surface area contributed by atoms with E-state index >= 15 is 0 Å². The highest BCUT2D eigenvalue weighted by molar-refractivity contribution is 5.75. The Morgan fingerprint density at radius 1 is 1.12 bits per heavy atom. The summed E-state index contributed by atoms with van der Waals surface area (Å²) in [6, 6.07) is 4.14. The molecular formula is C21H32N2O2. The predicted octanol–water partition coefficient (Wildman–Crippen LogP) is 4.42. The summed E-state index contributed by atoms with van der Waals surface area (Å²) in [7, 11) is 1.66. The Bertz CT molecular complexity index is 656. The minimum Gasteiger partial charge on any atom is -0.507 e. The molecule has 2 rings (SSSR count). The second kappa shape index (κ2) is 6.74. The Kier molecular flexibility index (Phi) is 5.22. The van der Waals surface area contributed by atoms with Gasteiger partial charge in [-0.15, -0.1) is 0 Å². The summed E-state index contributed by atoms with van der Waals surface area (Å²) in [5.41, 5.74) is 4.00. The maximum atomic E-state index is 11.8. The third-order valence-electron chi connectivity index (χ3n) is 4.72. The third kappa shape index (κ3) is 4.36. The molecule has 25 heavy (non-hydrogen) atoms. The second-order valence-corrected chi connectivity index (χ2v) is 8.99. The van der Waals surface area contributed by atoms with Gasteiger partial charge in [0.25, 0.3) is 0 Å². The first kappa shape index (κ1) is 19.4. The fourth-order valence-electron chi connectivity index (χ4n) is 3.25. The predicted molar refractivity (Wildman–Crippen MR) is 104 cm³/mol. The van der Waals surface area contributed by atoms with Gasteiger partial charge >= 0.3 is 6.03 Å². The molecule has 1 aromatic carbocycles. The maximum absolute atomic E-state index is 11.8. The van der Waals surface area contributed by atoms with Crippen molar-refractivity contribution in [2.24, 2.45) is 0 Å². The molecule has 0 aromatic heterocycles. The van der Waals surface area contributed by atoms with Crippen LogP contribution in [0.2, 0.25) is 0 Å². The molecule has 1 saturated heterocycles. The molecule has 0 bridgehead atoms. The van der Waals surface area contributed by atoms with Crippen LogP contribution in [-0.2, 0) is 10.8 Å². The summed E-state index contributed by atoms with van der Waals surface area (Å²) in [6.45, 7) is 14.1. The molecule has 1 aliphatic rings. The number of nitrogens with one attached hydrogen (secondary N) is 1. The summed E-state index contributed by atoms with van der Waals surface area (Å²) in [5.74, 6) is 0.403. The number of aromatic hydroxyl groups is 1. The van der Waals surface area contributed by atoms with Crippen LogP contribution in [-0.4, -0.2) is 36.2 Å². The molecule has 0 saturated carbocycles. The molecule has 0 spiro atoms. The number of rotatable bonds is 1. The van der Waals surface area contributed by atoms with Crippen molar-refractivity contribution < 1.29 is 9.90 Å². The van der Waals surface area contributed by atoms with E-state index in [1.807, 2.05) is 4.90 Å². The lowest BCUT2D eigenvalue weighted by Crippen LogP contribution is -2.35. The number of nitrogens with zero attached hydrogens (tertiary/aromatic N) is 1. The first-order chi connectivity index (χ1) is 11.4. The number of carbonyl (C=O) groups excluding carboxylic acids is 1. The molecule has 0 radical (unpaired) electrons. The molecule has 0 aliphatic carbocycles. The van der Waals surface area contributed by atoms with Crippen molar-refractivity contribution in [3.63, 3.8) is 0 Å². The van der Waals surface area contributed by atoms with E-state index in [0.717, 1.165) is 29.7 Å². The quantitative estimate of drug-likeness (QED) is 0.792. The van der Waals surface area contributed by atoms with Gasteiger partial charge in [0.05, 0.1) is 0 Å². The number of hydrogen-bond acceptors (Lipinski definition) is 2. The molecule has 1 fully saturated rings. The average Bonchev–Trinajstić information content (AvgIpc) is 2.94.